The van der Waals surface area contributed by atoms with Crippen LogP contribution in [0.5, 0.6) is 5.75 Å². The van der Waals surface area contributed by atoms with E-state index in [0.717, 1.165) is 54.5 Å². The van der Waals surface area contributed by atoms with E-state index in [1.165, 1.54) is 0 Å². The lowest BCUT2D eigenvalue weighted by Gasteiger charge is -2.14. The molecular weight excluding hydrogens is 352 g/mol. The van der Waals surface area contributed by atoms with E-state index < -0.39 is 0 Å². The highest BCUT2D eigenvalue weighted by Crippen LogP contribution is 2.24. The van der Waals surface area contributed by atoms with Crippen LogP contribution in [0.1, 0.15) is 12.8 Å². The van der Waals surface area contributed by atoms with Crippen molar-refractivity contribution in [2.45, 2.75) is 18.9 Å². The largest absolute Gasteiger partial charge is 0.497 e. The molecule has 2 heterocycles. The molecule has 1 aliphatic rings. The lowest BCUT2D eigenvalue weighted by molar-refractivity contribution is 0.120. The van der Waals surface area contributed by atoms with E-state index in [4.69, 9.17) is 14.5 Å². The highest BCUT2D eigenvalue weighted by atomic mass is 16.5. The zero-order chi connectivity index (χ0) is 19.2. The fourth-order valence-corrected chi connectivity index (χ4v) is 3.18. The number of hydrogen-bond donors (Lipinski definition) is 2. The number of nitrogens with one attached hydrogen (secondary N) is 2. The van der Waals surface area contributed by atoms with Crippen molar-refractivity contribution < 1.29 is 9.47 Å². The second kappa shape index (κ2) is 8.71. The van der Waals surface area contributed by atoms with Gasteiger partial charge in [-0.1, -0.05) is 30.3 Å². The topological polar surface area (TPSA) is 68.3 Å². The summed E-state index contributed by atoms with van der Waals surface area (Å²) in [5.41, 5.74) is 2.81. The summed E-state index contributed by atoms with van der Waals surface area (Å²) in [6.07, 6.45) is 2.45. The molecule has 6 heteroatoms. The standard InChI is InChI=1S/C22H24N4O2/c1-27-18-11-9-17(10-12-18)24-22-25-20(16-6-3-2-4-7-16)14-21(26-22)23-15-19-8-5-13-28-19/h2-4,6-7,9-12,14,19H,5,8,13,15H2,1H3,(H2,23,24,25,26). The Morgan fingerprint density at radius 2 is 1.89 bits per heavy atom. The maximum Gasteiger partial charge on any atom is 0.229 e. The summed E-state index contributed by atoms with van der Waals surface area (Å²) in [6.45, 7) is 1.59. The Kier molecular flexibility index (Phi) is 5.68. The van der Waals surface area contributed by atoms with Crippen molar-refractivity contribution in [1.82, 2.24) is 9.97 Å². The van der Waals surface area contributed by atoms with Gasteiger partial charge >= 0.3 is 0 Å². The molecule has 1 atom stereocenters. The molecule has 0 saturated carbocycles. The van der Waals surface area contributed by atoms with Gasteiger partial charge in [-0.15, -0.1) is 0 Å². The maximum atomic E-state index is 5.70. The first kappa shape index (κ1) is 18.3. The first-order valence-electron chi connectivity index (χ1n) is 9.51. The molecule has 3 aromatic rings. The highest BCUT2D eigenvalue weighted by molar-refractivity contribution is 5.66. The molecule has 144 valence electrons. The van der Waals surface area contributed by atoms with Gasteiger partial charge in [-0.3, -0.25) is 0 Å². The number of ether oxygens (including phenoxy) is 2. The number of methoxy groups -OCH3 is 1. The molecule has 0 amide bonds. The van der Waals surface area contributed by atoms with Crippen molar-refractivity contribution in [2.75, 3.05) is 30.9 Å². The van der Waals surface area contributed by atoms with Crippen LogP contribution in [0.15, 0.2) is 60.7 Å². The van der Waals surface area contributed by atoms with Crippen LogP contribution in [0.25, 0.3) is 11.3 Å². The second-order valence-corrected chi connectivity index (χ2v) is 6.70. The summed E-state index contributed by atoms with van der Waals surface area (Å²) < 4.78 is 10.9. The number of aromatic nitrogens is 2. The van der Waals surface area contributed by atoms with E-state index in [9.17, 15) is 0 Å². The molecule has 1 aliphatic heterocycles. The minimum atomic E-state index is 0.244. The molecule has 2 aromatic carbocycles. The van der Waals surface area contributed by atoms with Crippen molar-refractivity contribution in [3.8, 4) is 17.0 Å². The van der Waals surface area contributed by atoms with Gasteiger partial charge in [0.05, 0.1) is 18.9 Å². The number of hydrogen-bond acceptors (Lipinski definition) is 6. The van der Waals surface area contributed by atoms with Crippen LogP contribution >= 0.6 is 0 Å². The normalized spacial score (nSPS) is 16.0. The monoisotopic (exact) mass is 376 g/mol. The first-order chi connectivity index (χ1) is 13.8. The Hall–Kier alpha value is -3.12. The molecule has 6 nitrogen and oxygen atoms in total. The van der Waals surface area contributed by atoms with E-state index in [-0.39, 0.29) is 6.10 Å². The fraction of sp³-hybridized carbons (Fsp3) is 0.273. The summed E-state index contributed by atoms with van der Waals surface area (Å²) in [7, 11) is 1.65. The molecule has 1 unspecified atom stereocenters. The highest BCUT2D eigenvalue weighted by Gasteiger charge is 2.16. The lowest BCUT2D eigenvalue weighted by Crippen LogP contribution is -2.19. The van der Waals surface area contributed by atoms with E-state index in [0.29, 0.717) is 5.95 Å². The molecule has 1 fully saturated rings. The average Bonchev–Trinajstić information content (AvgIpc) is 3.27. The van der Waals surface area contributed by atoms with Gasteiger partial charge in [0.1, 0.15) is 11.6 Å². The zero-order valence-corrected chi connectivity index (χ0v) is 15.9. The van der Waals surface area contributed by atoms with Crippen LogP contribution in [0.4, 0.5) is 17.5 Å². The van der Waals surface area contributed by atoms with Crippen LogP contribution < -0.4 is 15.4 Å². The third kappa shape index (κ3) is 4.58. The Balaban J connectivity index is 1.58. The van der Waals surface area contributed by atoms with Crippen molar-refractivity contribution in [3.63, 3.8) is 0 Å². The quantitative estimate of drug-likeness (QED) is 0.633. The average molecular weight is 376 g/mol. The van der Waals surface area contributed by atoms with Crippen LogP contribution in [0, 0.1) is 0 Å². The summed E-state index contributed by atoms with van der Waals surface area (Å²) in [5, 5.41) is 6.69. The van der Waals surface area contributed by atoms with Crippen LogP contribution in [-0.4, -0.2) is 36.3 Å². The van der Waals surface area contributed by atoms with Gasteiger partial charge in [-0.05, 0) is 37.1 Å². The van der Waals surface area contributed by atoms with Gasteiger partial charge < -0.3 is 20.1 Å². The molecule has 28 heavy (non-hydrogen) atoms. The Bertz CT molecular complexity index is 894. The molecule has 4 rings (SSSR count). The minimum Gasteiger partial charge on any atom is -0.497 e. The SMILES string of the molecule is COc1ccc(Nc2nc(NCC3CCCO3)cc(-c3ccccc3)n2)cc1. The van der Waals surface area contributed by atoms with Gasteiger partial charge in [-0.25, -0.2) is 4.98 Å². The Morgan fingerprint density at radius 3 is 2.61 bits per heavy atom. The van der Waals surface area contributed by atoms with Crippen molar-refractivity contribution >= 4 is 17.5 Å². The minimum absolute atomic E-state index is 0.244. The molecule has 0 bridgehead atoms. The molecular formula is C22H24N4O2. The fourth-order valence-electron chi connectivity index (χ4n) is 3.18. The zero-order valence-electron chi connectivity index (χ0n) is 15.9. The molecule has 2 N–H and O–H groups in total. The Labute approximate surface area is 164 Å². The third-order valence-electron chi connectivity index (χ3n) is 4.68. The summed E-state index contributed by atoms with van der Waals surface area (Å²) in [4.78, 5) is 9.33. The van der Waals surface area contributed by atoms with Crippen molar-refractivity contribution in [2.24, 2.45) is 0 Å². The van der Waals surface area contributed by atoms with E-state index in [1.807, 2.05) is 60.7 Å². The predicted octanol–water partition coefficient (Wildman–Crippen LogP) is 4.49. The van der Waals surface area contributed by atoms with Crippen molar-refractivity contribution in [3.05, 3.63) is 60.7 Å². The second-order valence-electron chi connectivity index (χ2n) is 6.70. The van der Waals surface area contributed by atoms with Crippen molar-refractivity contribution in [1.29, 1.82) is 0 Å². The smallest absolute Gasteiger partial charge is 0.229 e. The lowest BCUT2D eigenvalue weighted by atomic mass is 10.1. The maximum absolute atomic E-state index is 5.70. The first-order valence-corrected chi connectivity index (χ1v) is 9.51. The van der Waals surface area contributed by atoms with Gasteiger partial charge in [0.15, 0.2) is 0 Å². The number of anilines is 3. The van der Waals surface area contributed by atoms with E-state index in [2.05, 4.69) is 15.6 Å². The predicted molar refractivity (Wildman–Crippen MR) is 111 cm³/mol. The summed E-state index contributed by atoms with van der Waals surface area (Å²) >= 11 is 0. The van der Waals surface area contributed by atoms with Crippen LogP contribution in [0.2, 0.25) is 0 Å². The van der Waals surface area contributed by atoms with Crippen LogP contribution in [-0.2, 0) is 4.74 Å². The number of rotatable bonds is 7. The Morgan fingerprint density at radius 1 is 1.07 bits per heavy atom. The molecule has 1 saturated heterocycles. The van der Waals surface area contributed by atoms with E-state index >= 15 is 0 Å². The van der Waals surface area contributed by atoms with Gasteiger partial charge in [0.25, 0.3) is 0 Å². The van der Waals surface area contributed by atoms with E-state index in [1.54, 1.807) is 7.11 Å². The molecule has 1 aromatic heterocycles. The van der Waals surface area contributed by atoms with Gasteiger partial charge in [0.2, 0.25) is 5.95 Å². The number of nitrogens with zero attached hydrogens (tertiary/aromatic N) is 2. The number of benzene rings is 2. The molecule has 0 spiro atoms. The summed E-state index contributed by atoms with van der Waals surface area (Å²) in [6, 6.07) is 19.8. The molecule has 0 radical (unpaired) electrons. The van der Waals surface area contributed by atoms with Crippen LogP contribution in [0.3, 0.4) is 0 Å². The third-order valence-corrected chi connectivity index (χ3v) is 4.68. The van der Waals surface area contributed by atoms with Gasteiger partial charge in [0, 0.05) is 30.5 Å². The summed E-state index contributed by atoms with van der Waals surface area (Å²) in [5.74, 6) is 2.13. The molecule has 0 aliphatic carbocycles. The van der Waals surface area contributed by atoms with Gasteiger partial charge in [-0.2, -0.15) is 4.98 Å².